The Hall–Kier alpha value is -4.53. The van der Waals surface area contributed by atoms with Crippen LogP contribution in [0.15, 0.2) is 55.0 Å². The smallest absolute Gasteiger partial charge is 0.269 e. The third kappa shape index (κ3) is 2.99. The number of anilines is 1. The molecule has 0 bridgehead atoms. The standard InChI is InChI=1S/C22H18N8O/c1-11-6-7-15-14(10-27-30-15)16(11)18-17(23)19(20(24)31)29-22(28-18)13-5-3-2-4-12(13)21-25-8-9-26-21/h2-10H,23H2,1H3,(H2,24,31)(H,25,26)(H,27,30). The van der Waals surface area contributed by atoms with Crippen molar-refractivity contribution >= 4 is 22.5 Å². The fraction of sp³-hybridized carbons (Fsp3) is 0.0455. The van der Waals surface area contributed by atoms with Gasteiger partial charge in [0.15, 0.2) is 11.5 Å². The molecule has 5 aromatic rings. The maximum absolute atomic E-state index is 12.2. The van der Waals surface area contributed by atoms with E-state index in [0.29, 0.717) is 22.9 Å². The van der Waals surface area contributed by atoms with Crippen LogP contribution < -0.4 is 11.5 Å². The number of carbonyl (C=O) groups is 1. The third-order valence-corrected chi connectivity index (χ3v) is 5.17. The van der Waals surface area contributed by atoms with E-state index in [1.54, 1.807) is 18.6 Å². The number of amides is 1. The van der Waals surface area contributed by atoms with Gasteiger partial charge in [-0.15, -0.1) is 0 Å². The van der Waals surface area contributed by atoms with Crippen LogP contribution >= 0.6 is 0 Å². The number of H-pyrrole nitrogens is 2. The number of primary amides is 1. The van der Waals surface area contributed by atoms with Crippen LogP contribution in [0.4, 0.5) is 5.69 Å². The van der Waals surface area contributed by atoms with Crippen molar-refractivity contribution in [3.63, 3.8) is 0 Å². The molecule has 0 unspecified atom stereocenters. The lowest BCUT2D eigenvalue weighted by Gasteiger charge is -2.15. The molecule has 0 saturated heterocycles. The zero-order valence-corrected chi connectivity index (χ0v) is 16.5. The summed E-state index contributed by atoms with van der Waals surface area (Å²) in [6.07, 6.45) is 5.11. The van der Waals surface area contributed by atoms with Gasteiger partial charge < -0.3 is 16.5 Å². The van der Waals surface area contributed by atoms with Crippen LogP contribution in [0, 0.1) is 6.92 Å². The highest BCUT2D eigenvalue weighted by molar-refractivity contribution is 6.04. The maximum atomic E-state index is 12.2. The van der Waals surface area contributed by atoms with E-state index in [1.165, 1.54) is 0 Å². The lowest BCUT2D eigenvalue weighted by molar-refractivity contribution is 0.0996. The molecule has 0 atom stereocenters. The van der Waals surface area contributed by atoms with E-state index in [9.17, 15) is 4.79 Å². The molecule has 0 fully saturated rings. The van der Waals surface area contributed by atoms with Crippen LogP contribution in [0.1, 0.15) is 16.1 Å². The van der Waals surface area contributed by atoms with Crippen molar-refractivity contribution in [2.24, 2.45) is 5.73 Å². The summed E-state index contributed by atoms with van der Waals surface area (Å²) in [7, 11) is 0. The minimum atomic E-state index is -0.727. The molecule has 1 amide bonds. The second kappa shape index (κ2) is 7.06. The summed E-state index contributed by atoms with van der Waals surface area (Å²) in [6.45, 7) is 1.95. The van der Waals surface area contributed by atoms with E-state index in [4.69, 9.17) is 16.5 Å². The van der Waals surface area contributed by atoms with Crippen molar-refractivity contribution in [1.82, 2.24) is 30.1 Å². The fourth-order valence-electron chi connectivity index (χ4n) is 3.71. The SMILES string of the molecule is Cc1ccc2[nH]ncc2c1-c1nc(-c2ccccc2-c2ncc[nH]2)nc(C(N)=O)c1N. The summed E-state index contributed by atoms with van der Waals surface area (Å²) in [5.41, 5.74) is 16.5. The van der Waals surface area contributed by atoms with Crippen molar-refractivity contribution in [2.45, 2.75) is 6.92 Å². The van der Waals surface area contributed by atoms with Crippen molar-refractivity contribution in [3.8, 4) is 34.0 Å². The summed E-state index contributed by atoms with van der Waals surface area (Å²) in [6, 6.07) is 11.4. The molecule has 5 rings (SSSR count). The van der Waals surface area contributed by atoms with Gasteiger partial charge in [-0.05, 0) is 18.6 Å². The molecule has 0 spiro atoms. The Labute approximate surface area is 176 Å². The molecule has 0 aliphatic rings. The first-order valence-corrected chi connectivity index (χ1v) is 9.54. The highest BCUT2D eigenvalue weighted by atomic mass is 16.1. The number of aromatic amines is 2. The minimum absolute atomic E-state index is 0.0332. The van der Waals surface area contributed by atoms with Crippen LogP contribution in [-0.2, 0) is 0 Å². The number of hydrogen-bond acceptors (Lipinski definition) is 6. The molecule has 0 aliphatic carbocycles. The second-order valence-electron chi connectivity index (χ2n) is 7.09. The van der Waals surface area contributed by atoms with Gasteiger partial charge in [0.1, 0.15) is 5.82 Å². The van der Waals surface area contributed by atoms with Gasteiger partial charge in [-0.25, -0.2) is 15.0 Å². The van der Waals surface area contributed by atoms with E-state index >= 15 is 0 Å². The zero-order valence-electron chi connectivity index (χ0n) is 16.5. The number of hydrogen-bond donors (Lipinski definition) is 4. The van der Waals surface area contributed by atoms with E-state index < -0.39 is 5.91 Å². The van der Waals surface area contributed by atoms with Crippen LogP contribution in [0.5, 0.6) is 0 Å². The number of aromatic nitrogens is 6. The maximum Gasteiger partial charge on any atom is 0.269 e. The molecule has 2 aromatic carbocycles. The molecule has 0 radical (unpaired) electrons. The van der Waals surface area contributed by atoms with Crippen molar-refractivity contribution < 1.29 is 4.79 Å². The fourth-order valence-corrected chi connectivity index (χ4v) is 3.71. The molecule has 9 nitrogen and oxygen atoms in total. The number of nitrogen functional groups attached to an aromatic ring is 1. The van der Waals surface area contributed by atoms with Crippen LogP contribution in [0.2, 0.25) is 0 Å². The first kappa shape index (κ1) is 18.5. The average molecular weight is 410 g/mol. The van der Waals surface area contributed by atoms with Crippen molar-refractivity contribution in [1.29, 1.82) is 0 Å². The number of fused-ring (bicyclic) bond motifs is 1. The Morgan fingerprint density at radius 2 is 1.87 bits per heavy atom. The lowest BCUT2D eigenvalue weighted by atomic mass is 9.98. The van der Waals surface area contributed by atoms with Gasteiger partial charge in [-0.2, -0.15) is 5.10 Å². The van der Waals surface area contributed by atoms with Crippen LogP contribution in [0.3, 0.4) is 0 Å². The zero-order chi connectivity index (χ0) is 21.5. The van der Waals surface area contributed by atoms with Gasteiger partial charge in [0, 0.05) is 34.5 Å². The van der Waals surface area contributed by atoms with Gasteiger partial charge in [-0.1, -0.05) is 30.3 Å². The molecule has 3 aromatic heterocycles. The van der Waals surface area contributed by atoms with E-state index in [-0.39, 0.29) is 11.4 Å². The molecule has 152 valence electrons. The molecule has 6 N–H and O–H groups in total. The largest absolute Gasteiger partial charge is 0.395 e. The van der Waals surface area contributed by atoms with E-state index in [2.05, 4.69) is 25.1 Å². The quantitative estimate of drug-likeness (QED) is 0.357. The molecule has 31 heavy (non-hydrogen) atoms. The number of aryl methyl sites for hydroxylation is 1. The Kier molecular flexibility index (Phi) is 4.21. The molecule has 9 heteroatoms. The van der Waals surface area contributed by atoms with Gasteiger partial charge >= 0.3 is 0 Å². The van der Waals surface area contributed by atoms with Crippen LogP contribution in [-0.4, -0.2) is 36.0 Å². The summed E-state index contributed by atoms with van der Waals surface area (Å²) < 4.78 is 0. The van der Waals surface area contributed by atoms with Gasteiger partial charge in [0.2, 0.25) is 0 Å². The molecular formula is C22H18N8O. The number of imidazole rings is 1. The van der Waals surface area contributed by atoms with E-state index in [0.717, 1.165) is 27.6 Å². The Balaban J connectivity index is 1.83. The minimum Gasteiger partial charge on any atom is -0.395 e. The molecule has 3 heterocycles. The normalized spacial score (nSPS) is 11.1. The average Bonchev–Trinajstić information content (AvgIpc) is 3.46. The molecule has 0 saturated carbocycles. The second-order valence-corrected chi connectivity index (χ2v) is 7.09. The Morgan fingerprint density at radius 1 is 1.06 bits per heavy atom. The number of carbonyl (C=O) groups excluding carboxylic acids is 1. The first-order valence-electron chi connectivity index (χ1n) is 9.54. The highest BCUT2D eigenvalue weighted by Crippen LogP contribution is 2.37. The number of nitrogens with two attached hydrogens (primary N) is 2. The topological polar surface area (TPSA) is 152 Å². The third-order valence-electron chi connectivity index (χ3n) is 5.17. The first-order chi connectivity index (χ1) is 15.0. The Morgan fingerprint density at radius 3 is 2.61 bits per heavy atom. The summed E-state index contributed by atoms with van der Waals surface area (Å²) in [4.78, 5) is 28.9. The predicted molar refractivity (Wildman–Crippen MR) is 118 cm³/mol. The highest BCUT2D eigenvalue weighted by Gasteiger charge is 2.22. The lowest BCUT2D eigenvalue weighted by Crippen LogP contribution is -2.18. The van der Waals surface area contributed by atoms with Gasteiger partial charge in [0.25, 0.3) is 5.91 Å². The Bertz CT molecular complexity index is 1440. The summed E-state index contributed by atoms with van der Waals surface area (Å²) in [5.74, 6) is 0.256. The monoisotopic (exact) mass is 410 g/mol. The number of benzene rings is 2. The van der Waals surface area contributed by atoms with E-state index in [1.807, 2.05) is 43.3 Å². The number of rotatable bonds is 4. The predicted octanol–water partition coefficient (Wildman–Crippen LogP) is 3.07. The molecule has 0 aliphatic heterocycles. The summed E-state index contributed by atoms with van der Waals surface area (Å²) in [5, 5.41) is 7.92. The number of nitrogens with zero attached hydrogens (tertiary/aromatic N) is 4. The van der Waals surface area contributed by atoms with Crippen molar-refractivity contribution in [2.75, 3.05) is 5.73 Å². The summed E-state index contributed by atoms with van der Waals surface area (Å²) >= 11 is 0. The van der Waals surface area contributed by atoms with Crippen LogP contribution in [0.25, 0.3) is 44.9 Å². The molecular weight excluding hydrogens is 392 g/mol. The van der Waals surface area contributed by atoms with Crippen molar-refractivity contribution in [3.05, 3.63) is 66.2 Å². The van der Waals surface area contributed by atoms with Gasteiger partial charge in [0.05, 0.1) is 23.1 Å². The van der Waals surface area contributed by atoms with Gasteiger partial charge in [-0.3, -0.25) is 9.89 Å². The number of nitrogens with one attached hydrogen (secondary N) is 2.